The first kappa shape index (κ1) is 20.7. The minimum absolute atomic E-state index is 0.0901. The molecule has 0 aliphatic heterocycles. The Balaban J connectivity index is 3.81. The number of ether oxygens (including phenoxy) is 2. The van der Waals surface area contributed by atoms with Crippen LogP contribution in [0.1, 0.15) is 73.1 Å². The predicted octanol–water partition coefficient (Wildman–Crippen LogP) is 4.42. The van der Waals surface area contributed by atoms with Gasteiger partial charge in [-0.15, -0.1) is 0 Å². The van der Waals surface area contributed by atoms with E-state index < -0.39 is 0 Å². The summed E-state index contributed by atoms with van der Waals surface area (Å²) in [6, 6.07) is 0. The molecule has 0 aromatic rings. The Hall–Kier alpha value is -1.32. The van der Waals surface area contributed by atoms with Crippen LogP contribution in [-0.2, 0) is 19.1 Å². The van der Waals surface area contributed by atoms with Gasteiger partial charge in [0.15, 0.2) is 0 Å². The summed E-state index contributed by atoms with van der Waals surface area (Å²) in [4.78, 5) is 23.2. The van der Waals surface area contributed by atoms with Gasteiger partial charge in [0, 0.05) is 12.8 Å². The van der Waals surface area contributed by atoms with Gasteiger partial charge in [0.05, 0.1) is 0 Å². The van der Waals surface area contributed by atoms with Gasteiger partial charge in [0.1, 0.15) is 12.2 Å². The van der Waals surface area contributed by atoms with Crippen molar-refractivity contribution in [3.63, 3.8) is 0 Å². The van der Waals surface area contributed by atoms with E-state index in [1.54, 1.807) is 0 Å². The molecule has 0 aliphatic carbocycles. The molecule has 0 spiro atoms. The number of allylic oxidation sites excluding steroid dienone is 1. The highest BCUT2D eigenvalue weighted by Gasteiger charge is 2.14. The zero-order valence-corrected chi connectivity index (χ0v) is 14.8. The molecule has 0 aromatic carbocycles. The number of hydrogen-bond donors (Lipinski definition) is 0. The summed E-state index contributed by atoms with van der Waals surface area (Å²) >= 11 is 0. The third-order valence-electron chi connectivity index (χ3n) is 3.47. The SMILES string of the molecule is CCCC/C=C/C(C)OC(=O)CCCC(=O)OC(C)C(C)C. The van der Waals surface area contributed by atoms with Crippen molar-refractivity contribution in [1.29, 1.82) is 0 Å². The van der Waals surface area contributed by atoms with E-state index >= 15 is 0 Å². The molecule has 0 aromatic heterocycles. The van der Waals surface area contributed by atoms with E-state index in [0.717, 1.165) is 19.3 Å². The van der Waals surface area contributed by atoms with Gasteiger partial charge in [-0.2, -0.15) is 0 Å². The summed E-state index contributed by atoms with van der Waals surface area (Å²) < 4.78 is 10.5. The van der Waals surface area contributed by atoms with Crippen LogP contribution in [0.5, 0.6) is 0 Å². The normalized spacial score (nSPS) is 14.1. The van der Waals surface area contributed by atoms with Gasteiger partial charge >= 0.3 is 11.9 Å². The summed E-state index contributed by atoms with van der Waals surface area (Å²) in [5, 5.41) is 0. The molecule has 0 radical (unpaired) electrons. The lowest BCUT2D eigenvalue weighted by Gasteiger charge is -2.16. The minimum atomic E-state index is -0.266. The van der Waals surface area contributed by atoms with Crippen LogP contribution >= 0.6 is 0 Å². The molecule has 2 unspecified atom stereocenters. The molecule has 2 atom stereocenters. The van der Waals surface area contributed by atoms with Crippen molar-refractivity contribution in [1.82, 2.24) is 0 Å². The fourth-order valence-electron chi connectivity index (χ4n) is 1.69. The van der Waals surface area contributed by atoms with Gasteiger partial charge in [-0.3, -0.25) is 9.59 Å². The van der Waals surface area contributed by atoms with Crippen molar-refractivity contribution in [3.05, 3.63) is 12.2 Å². The Bertz CT molecular complexity index is 347. The lowest BCUT2D eigenvalue weighted by Crippen LogP contribution is -2.20. The second-order valence-electron chi connectivity index (χ2n) is 6.06. The van der Waals surface area contributed by atoms with Crippen molar-refractivity contribution in [3.8, 4) is 0 Å². The molecule has 0 amide bonds. The summed E-state index contributed by atoms with van der Waals surface area (Å²) in [5.41, 5.74) is 0. The number of hydrogen-bond acceptors (Lipinski definition) is 4. The smallest absolute Gasteiger partial charge is 0.306 e. The van der Waals surface area contributed by atoms with E-state index in [-0.39, 0.29) is 37.0 Å². The number of carbonyl (C=O) groups is 2. The Morgan fingerprint density at radius 1 is 0.955 bits per heavy atom. The highest BCUT2D eigenvalue weighted by atomic mass is 16.5. The first-order valence-electron chi connectivity index (χ1n) is 8.42. The van der Waals surface area contributed by atoms with Gasteiger partial charge in [0.2, 0.25) is 0 Å². The van der Waals surface area contributed by atoms with Gasteiger partial charge < -0.3 is 9.47 Å². The van der Waals surface area contributed by atoms with Crippen LogP contribution in [0, 0.1) is 5.92 Å². The van der Waals surface area contributed by atoms with Gasteiger partial charge in [0.25, 0.3) is 0 Å². The largest absolute Gasteiger partial charge is 0.462 e. The zero-order valence-electron chi connectivity index (χ0n) is 14.8. The second kappa shape index (κ2) is 12.2. The van der Waals surface area contributed by atoms with Crippen molar-refractivity contribution in [2.24, 2.45) is 5.92 Å². The van der Waals surface area contributed by atoms with E-state index in [1.165, 1.54) is 0 Å². The van der Waals surface area contributed by atoms with E-state index in [2.05, 4.69) is 6.92 Å². The maximum Gasteiger partial charge on any atom is 0.306 e. The summed E-state index contributed by atoms with van der Waals surface area (Å²) in [5.74, 6) is -0.215. The summed E-state index contributed by atoms with van der Waals surface area (Å²) in [6.45, 7) is 9.88. The highest BCUT2D eigenvalue weighted by molar-refractivity contribution is 5.72. The van der Waals surface area contributed by atoms with E-state index in [9.17, 15) is 9.59 Å². The quantitative estimate of drug-likeness (QED) is 0.322. The van der Waals surface area contributed by atoms with Crippen LogP contribution in [0.2, 0.25) is 0 Å². The van der Waals surface area contributed by atoms with Crippen LogP contribution in [-0.4, -0.2) is 24.1 Å². The van der Waals surface area contributed by atoms with Crippen molar-refractivity contribution >= 4 is 11.9 Å². The Labute approximate surface area is 135 Å². The van der Waals surface area contributed by atoms with E-state index in [0.29, 0.717) is 12.3 Å². The lowest BCUT2D eigenvalue weighted by atomic mass is 10.1. The van der Waals surface area contributed by atoms with Crippen molar-refractivity contribution in [2.45, 2.75) is 85.4 Å². The fraction of sp³-hybridized carbons (Fsp3) is 0.778. The van der Waals surface area contributed by atoms with Crippen LogP contribution in [0.25, 0.3) is 0 Å². The molecular weight excluding hydrogens is 280 g/mol. The third-order valence-corrected chi connectivity index (χ3v) is 3.47. The number of esters is 2. The van der Waals surface area contributed by atoms with Gasteiger partial charge in [-0.05, 0) is 38.7 Å². The van der Waals surface area contributed by atoms with E-state index in [4.69, 9.17) is 9.47 Å². The van der Waals surface area contributed by atoms with Crippen LogP contribution in [0.3, 0.4) is 0 Å². The molecule has 22 heavy (non-hydrogen) atoms. The Kier molecular flexibility index (Phi) is 11.5. The maximum atomic E-state index is 11.6. The van der Waals surface area contributed by atoms with Crippen LogP contribution in [0.4, 0.5) is 0 Å². The van der Waals surface area contributed by atoms with Crippen LogP contribution in [0.15, 0.2) is 12.2 Å². The topological polar surface area (TPSA) is 52.6 Å². The standard InChI is InChI=1S/C18H32O4/c1-6-7-8-9-11-15(4)21-17(19)12-10-13-18(20)22-16(5)14(2)3/h9,11,14-16H,6-8,10,12-13H2,1-5H3/b11-9+. The van der Waals surface area contributed by atoms with Crippen molar-refractivity contribution in [2.75, 3.05) is 0 Å². The molecule has 0 rings (SSSR count). The molecule has 0 saturated heterocycles. The first-order chi connectivity index (χ1) is 10.4. The Morgan fingerprint density at radius 3 is 2.09 bits per heavy atom. The average molecular weight is 312 g/mol. The minimum Gasteiger partial charge on any atom is -0.462 e. The molecule has 0 aliphatic rings. The molecule has 0 fully saturated rings. The van der Waals surface area contributed by atoms with Gasteiger partial charge in [-0.25, -0.2) is 0 Å². The molecule has 0 N–H and O–H groups in total. The van der Waals surface area contributed by atoms with Crippen molar-refractivity contribution < 1.29 is 19.1 Å². The summed E-state index contributed by atoms with van der Waals surface area (Å²) in [7, 11) is 0. The molecule has 0 saturated carbocycles. The van der Waals surface area contributed by atoms with Crippen LogP contribution < -0.4 is 0 Å². The first-order valence-corrected chi connectivity index (χ1v) is 8.42. The second-order valence-corrected chi connectivity index (χ2v) is 6.06. The van der Waals surface area contributed by atoms with Gasteiger partial charge in [-0.1, -0.05) is 39.7 Å². The Morgan fingerprint density at radius 2 is 1.55 bits per heavy atom. The van der Waals surface area contributed by atoms with E-state index in [1.807, 2.05) is 39.8 Å². The molecule has 4 nitrogen and oxygen atoms in total. The number of rotatable bonds is 11. The number of carbonyl (C=O) groups excluding carboxylic acids is 2. The molecular formula is C18H32O4. The fourth-order valence-corrected chi connectivity index (χ4v) is 1.69. The zero-order chi connectivity index (χ0) is 17.0. The molecule has 0 heterocycles. The third kappa shape index (κ3) is 11.4. The molecule has 0 bridgehead atoms. The monoisotopic (exact) mass is 312 g/mol. The predicted molar refractivity (Wildman–Crippen MR) is 88.5 cm³/mol. The lowest BCUT2D eigenvalue weighted by molar-refractivity contribution is -0.150. The average Bonchev–Trinajstić information content (AvgIpc) is 2.43. The molecule has 4 heteroatoms. The highest BCUT2D eigenvalue weighted by Crippen LogP contribution is 2.09. The molecule has 128 valence electrons. The number of unbranched alkanes of at least 4 members (excludes halogenated alkanes) is 2. The maximum absolute atomic E-state index is 11.6. The summed E-state index contributed by atoms with van der Waals surface area (Å²) in [6.07, 6.45) is 7.94.